The zero-order valence-electron chi connectivity index (χ0n) is 10.6. The Kier molecular flexibility index (Phi) is 4.95. The van der Waals surface area contributed by atoms with Gasteiger partial charge < -0.3 is 10.1 Å². The Bertz CT molecular complexity index is 391. The Morgan fingerprint density at radius 2 is 2.00 bits per heavy atom. The summed E-state index contributed by atoms with van der Waals surface area (Å²) in [5.74, 6) is 0.152. The molecule has 0 spiro atoms. The third kappa shape index (κ3) is 4.91. The lowest BCUT2D eigenvalue weighted by molar-refractivity contribution is -0.154. The average molecular weight is 262 g/mol. The second-order valence-electron chi connectivity index (χ2n) is 4.33. The third-order valence-corrected chi connectivity index (χ3v) is 2.24. The number of hydrogen-bond acceptors (Lipinski definition) is 3. The zero-order valence-corrected chi connectivity index (χ0v) is 10.6. The summed E-state index contributed by atoms with van der Waals surface area (Å²) >= 11 is 0. The van der Waals surface area contributed by atoms with Gasteiger partial charge in [-0.3, -0.25) is 0 Å². The van der Waals surface area contributed by atoms with E-state index in [1.54, 1.807) is 7.05 Å². The van der Waals surface area contributed by atoms with Crippen LogP contribution in [0.15, 0.2) is 12.1 Å². The molecule has 18 heavy (non-hydrogen) atoms. The second-order valence-corrected chi connectivity index (χ2v) is 4.33. The highest BCUT2D eigenvalue weighted by Gasteiger charge is 2.28. The molecule has 1 aromatic heterocycles. The molecule has 0 amide bonds. The average Bonchev–Trinajstić information content (AvgIpc) is 2.25. The maximum Gasteiger partial charge on any atom is 0.422 e. The normalized spacial score (nSPS) is 11.9. The Balaban J connectivity index is 2.89. The van der Waals surface area contributed by atoms with Crippen molar-refractivity contribution in [2.75, 3.05) is 13.7 Å². The van der Waals surface area contributed by atoms with E-state index < -0.39 is 12.8 Å². The van der Waals surface area contributed by atoms with Gasteiger partial charge in [-0.1, -0.05) is 13.8 Å². The van der Waals surface area contributed by atoms with E-state index in [1.807, 2.05) is 19.9 Å². The first-order valence-electron chi connectivity index (χ1n) is 5.67. The van der Waals surface area contributed by atoms with Crippen LogP contribution >= 0.6 is 0 Å². The van der Waals surface area contributed by atoms with Gasteiger partial charge in [0, 0.05) is 18.3 Å². The molecule has 0 aliphatic carbocycles. The van der Waals surface area contributed by atoms with Crippen LogP contribution in [-0.4, -0.2) is 24.8 Å². The lowest BCUT2D eigenvalue weighted by atomic mass is 10.1. The van der Waals surface area contributed by atoms with Gasteiger partial charge in [0.15, 0.2) is 6.61 Å². The number of pyridine rings is 1. The van der Waals surface area contributed by atoms with Crippen molar-refractivity contribution in [3.8, 4) is 5.88 Å². The number of ether oxygens (including phenoxy) is 1. The van der Waals surface area contributed by atoms with Crippen LogP contribution in [-0.2, 0) is 6.54 Å². The smallest absolute Gasteiger partial charge is 0.422 e. The van der Waals surface area contributed by atoms with E-state index in [2.05, 4.69) is 15.0 Å². The summed E-state index contributed by atoms with van der Waals surface area (Å²) in [7, 11) is 1.77. The fourth-order valence-electron chi connectivity index (χ4n) is 1.41. The molecule has 0 fully saturated rings. The molecule has 0 atom stereocenters. The first kappa shape index (κ1) is 14.8. The minimum atomic E-state index is -4.35. The van der Waals surface area contributed by atoms with Crippen molar-refractivity contribution in [3.05, 3.63) is 23.4 Å². The first-order chi connectivity index (χ1) is 8.31. The predicted molar refractivity (Wildman–Crippen MR) is 62.6 cm³/mol. The van der Waals surface area contributed by atoms with Crippen molar-refractivity contribution in [1.29, 1.82) is 0 Å². The molecule has 102 valence electrons. The molecule has 0 bridgehead atoms. The fraction of sp³-hybridized carbons (Fsp3) is 0.583. The molecule has 0 unspecified atom stereocenters. The van der Waals surface area contributed by atoms with Gasteiger partial charge in [0.25, 0.3) is 0 Å². The largest absolute Gasteiger partial charge is 0.468 e. The van der Waals surface area contributed by atoms with Gasteiger partial charge in [-0.05, 0) is 24.6 Å². The van der Waals surface area contributed by atoms with Crippen LogP contribution in [0.4, 0.5) is 13.2 Å². The molecule has 0 saturated heterocycles. The summed E-state index contributed by atoms with van der Waals surface area (Å²) < 4.78 is 40.9. The highest BCUT2D eigenvalue weighted by atomic mass is 19.4. The lowest BCUT2D eigenvalue weighted by Gasteiger charge is -2.13. The number of aromatic nitrogens is 1. The molecule has 6 heteroatoms. The molecule has 0 saturated carbocycles. The lowest BCUT2D eigenvalue weighted by Crippen LogP contribution is -2.20. The van der Waals surface area contributed by atoms with Crippen LogP contribution in [0.3, 0.4) is 0 Å². The molecule has 0 radical (unpaired) electrons. The van der Waals surface area contributed by atoms with Crippen LogP contribution in [0.5, 0.6) is 5.88 Å². The summed E-state index contributed by atoms with van der Waals surface area (Å²) in [6.07, 6.45) is -4.35. The first-order valence-corrected chi connectivity index (χ1v) is 5.67. The maximum absolute atomic E-state index is 12.1. The van der Waals surface area contributed by atoms with Gasteiger partial charge in [0.1, 0.15) is 0 Å². The Morgan fingerprint density at radius 1 is 1.33 bits per heavy atom. The van der Waals surface area contributed by atoms with Crippen molar-refractivity contribution < 1.29 is 17.9 Å². The quantitative estimate of drug-likeness (QED) is 0.886. The number of nitrogens with one attached hydrogen (secondary N) is 1. The summed E-state index contributed by atoms with van der Waals surface area (Å²) in [6, 6.07) is 3.38. The van der Waals surface area contributed by atoms with E-state index in [0.29, 0.717) is 6.54 Å². The highest BCUT2D eigenvalue weighted by molar-refractivity contribution is 5.26. The molecule has 1 rings (SSSR count). The highest BCUT2D eigenvalue weighted by Crippen LogP contribution is 2.21. The van der Waals surface area contributed by atoms with Crippen LogP contribution < -0.4 is 10.1 Å². The SMILES string of the molecule is CNCc1cc(OCC(F)(F)F)nc(C(C)C)c1. The van der Waals surface area contributed by atoms with Crippen LogP contribution in [0, 0.1) is 0 Å². The monoisotopic (exact) mass is 262 g/mol. The van der Waals surface area contributed by atoms with Crippen LogP contribution in [0.1, 0.15) is 31.0 Å². The zero-order chi connectivity index (χ0) is 13.8. The number of rotatable bonds is 5. The number of nitrogens with zero attached hydrogens (tertiary/aromatic N) is 1. The standard InChI is InChI=1S/C12H17F3N2O/c1-8(2)10-4-9(6-16-3)5-11(17-10)18-7-12(13,14)15/h4-5,8,16H,6-7H2,1-3H3. The number of halogens is 3. The molecule has 1 N–H and O–H groups in total. The molecule has 1 heterocycles. The summed E-state index contributed by atoms with van der Waals surface area (Å²) in [4.78, 5) is 4.07. The van der Waals surface area contributed by atoms with Crippen molar-refractivity contribution in [2.45, 2.75) is 32.5 Å². The molecule has 0 aliphatic rings. The van der Waals surface area contributed by atoms with Crippen LogP contribution in [0.25, 0.3) is 0 Å². The molecule has 0 aliphatic heterocycles. The van der Waals surface area contributed by atoms with Gasteiger partial charge in [-0.25, -0.2) is 4.98 Å². The van der Waals surface area contributed by atoms with Crippen molar-refractivity contribution in [2.24, 2.45) is 0 Å². The van der Waals surface area contributed by atoms with Gasteiger partial charge in [-0.15, -0.1) is 0 Å². The summed E-state index contributed by atoms with van der Waals surface area (Å²) in [5.41, 5.74) is 1.58. The molecular formula is C12H17F3N2O. The molecule has 3 nitrogen and oxygen atoms in total. The van der Waals surface area contributed by atoms with E-state index in [1.165, 1.54) is 6.07 Å². The van der Waals surface area contributed by atoms with E-state index >= 15 is 0 Å². The topological polar surface area (TPSA) is 34.1 Å². The van der Waals surface area contributed by atoms with E-state index in [-0.39, 0.29) is 11.8 Å². The minimum absolute atomic E-state index is 0.0174. The van der Waals surface area contributed by atoms with Gasteiger partial charge in [-0.2, -0.15) is 13.2 Å². The summed E-state index contributed by atoms with van der Waals surface area (Å²) in [5, 5.41) is 2.94. The molecular weight excluding hydrogens is 245 g/mol. The Morgan fingerprint density at radius 3 is 2.50 bits per heavy atom. The molecule has 1 aromatic rings. The Hall–Kier alpha value is -1.30. The number of hydrogen-bond donors (Lipinski definition) is 1. The fourth-order valence-corrected chi connectivity index (χ4v) is 1.41. The van der Waals surface area contributed by atoms with Crippen LogP contribution in [0.2, 0.25) is 0 Å². The minimum Gasteiger partial charge on any atom is -0.468 e. The Labute approximate surface area is 104 Å². The summed E-state index contributed by atoms with van der Waals surface area (Å²) in [6.45, 7) is 3.10. The predicted octanol–water partition coefficient (Wildman–Crippen LogP) is 2.87. The third-order valence-electron chi connectivity index (χ3n) is 2.24. The molecule has 0 aromatic carbocycles. The van der Waals surface area contributed by atoms with Crippen molar-refractivity contribution in [1.82, 2.24) is 10.3 Å². The van der Waals surface area contributed by atoms with Gasteiger partial charge in [0.05, 0.1) is 0 Å². The maximum atomic E-state index is 12.1. The van der Waals surface area contributed by atoms with E-state index in [0.717, 1.165) is 11.3 Å². The van der Waals surface area contributed by atoms with Crippen molar-refractivity contribution in [3.63, 3.8) is 0 Å². The second kappa shape index (κ2) is 6.04. The van der Waals surface area contributed by atoms with E-state index in [9.17, 15) is 13.2 Å². The van der Waals surface area contributed by atoms with Gasteiger partial charge >= 0.3 is 6.18 Å². The van der Waals surface area contributed by atoms with E-state index in [4.69, 9.17) is 0 Å². The van der Waals surface area contributed by atoms with Gasteiger partial charge in [0.2, 0.25) is 5.88 Å². The number of alkyl halides is 3. The van der Waals surface area contributed by atoms with Crippen molar-refractivity contribution >= 4 is 0 Å².